The molecule has 3 unspecified atom stereocenters. The maximum absolute atomic E-state index is 5.69. The molecule has 3 nitrogen and oxygen atoms in total. The van der Waals surface area contributed by atoms with E-state index in [1.54, 1.807) is 0 Å². The van der Waals surface area contributed by atoms with Gasteiger partial charge in [0.05, 0.1) is 6.10 Å². The quantitative estimate of drug-likeness (QED) is 0.767. The summed E-state index contributed by atoms with van der Waals surface area (Å²) in [6.45, 7) is 10.9. The highest BCUT2D eigenvalue weighted by Gasteiger charge is 2.36. The fourth-order valence-electron chi connectivity index (χ4n) is 2.99. The van der Waals surface area contributed by atoms with Crippen LogP contribution >= 0.6 is 0 Å². The lowest BCUT2D eigenvalue weighted by atomic mass is 10.0. The lowest BCUT2D eigenvalue weighted by Crippen LogP contribution is -2.58. The van der Waals surface area contributed by atoms with E-state index < -0.39 is 0 Å². The summed E-state index contributed by atoms with van der Waals surface area (Å²) < 4.78 is 5.69. The summed E-state index contributed by atoms with van der Waals surface area (Å²) in [6.07, 6.45) is 4.47. The fraction of sp³-hybridized carbons (Fsp3) is 1.00. The van der Waals surface area contributed by atoms with Crippen LogP contribution in [0.5, 0.6) is 0 Å². The largest absolute Gasteiger partial charge is 0.377 e. The average Bonchev–Trinajstić information content (AvgIpc) is 3.13. The molecule has 0 aromatic rings. The first-order valence-electron chi connectivity index (χ1n) is 7.33. The maximum Gasteiger partial charge on any atom is 0.0673 e. The number of ether oxygens (including phenoxy) is 1. The molecule has 3 atom stereocenters. The van der Waals surface area contributed by atoms with Gasteiger partial charge in [0.2, 0.25) is 0 Å². The van der Waals surface area contributed by atoms with Crippen molar-refractivity contribution in [1.29, 1.82) is 0 Å². The molecule has 1 aliphatic heterocycles. The minimum Gasteiger partial charge on any atom is -0.377 e. The zero-order valence-corrected chi connectivity index (χ0v) is 11.6. The van der Waals surface area contributed by atoms with Gasteiger partial charge in [0, 0.05) is 38.3 Å². The molecule has 1 saturated heterocycles. The van der Waals surface area contributed by atoms with Crippen molar-refractivity contribution in [3.63, 3.8) is 0 Å². The molecule has 3 heteroatoms. The molecule has 0 bridgehead atoms. The first-order valence-corrected chi connectivity index (χ1v) is 7.33. The molecule has 0 aromatic carbocycles. The minimum atomic E-state index is 0.368. The van der Waals surface area contributed by atoms with Crippen LogP contribution in [0.1, 0.15) is 40.0 Å². The molecule has 17 heavy (non-hydrogen) atoms. The molecule has 1 N–H and O–H groups in total. The number of nitrogens with one attached hydrogen (secondary N) is 1. The molecule has 1 aliphatic carbocycles. The molecular weight excluding hydrogens is 212 g/mol. The van der Waals surface area contributed by atoms with Crippen molar-refractivity contribution in [3.05, 3.63) is 0 Å². The third kappa shape index (κ3) is 3.67. The van der Waals surface area contributed by atoms with Crippen LogP contribution in [-0.2, 0) is 4.74 Å². The van der Waals surface area contributed by atoms with Gasteiger partial charge in [-0.1, -0.05) is 6.92 Å². The number of rotatable bonds is 6. The second-order valence-corrected chi connectivity index (χ2v) is 5.63. The van der Waals surface area contributed by atoms with Gasteiger partial charge in [-0.3, -0.25) is 4.90 Å². The Morgan fingerprint density at radius 3 is 2.71 bits per heavy atom. The second kappa shape index (κ2) is 6.17. The molecule has 2 fully saturated rings. The average molecular weight is 240 g/mol. The van der Waals surface area contributed by atoms with Gasteiger partial charge < -0.3 is 10.1 Å². The highest BCUT2D eigenvalue weighted by atomic mass is 16.5. The number of piperazine rings is 1. The van der Waals surface area contributed by atoms with Crippen LogP contribution in [0, 0.1) is 5.92 Å². The zero-order chi connectivity index (χ0) is 12.3. The first-order chi connectivity index (χ1) is 8.24. The summed E-state index contributed by atoms with van der Waals surface area (Å²) in [5.41, 5.74) is 0. The van der Waals surface area contributed by atoms with E-state index in [0.717, 1.165) is 31.7 Å². The third-order valence-corrected chi connectivity index (χ3v) is 4.17. The molecule has 0 radical (unpaired) electrons. The van der Waals surface area contributed by atoms with E-state index in [-0.39, 0.29) is 0 Å². The van der Waals surface area contributed by atoms with E-state index in [1.165, 1.54) is 25.8 Å². The van der Waals surface area contributed by atoms with E-state index in [2.05, 4.69) is 31.0 Å². The summed E-state index contributed by atoms with van der Waals surface area (Å²) in [4.78, 5) is 2.65. The fourth-order valence-corrected chi connectivity index (χ4v) is 2.99. The SMILES string of the molecule is CCOC(C)CN1CC(C2CC2)NCC1CC. The van der Waals surface area contributed by atoms with Crippen LogP contribution < -0.4 is 5.32 Å². The van der Waals surface area contributed by atoms with Crippen LogP contribution in [0.25, 0.3) is 0 Å². The normalized spacial score (nSPS) is 32.6. The molecule has 0 aromatic heterocycles. The van der Waals surface area contributed by atoms with Crippen molar-refractivity contribution in [3.8, 4) is 0 Å². The van der Waals surface area contributed by atoms with Gasteiger partial charge in [-0.2, -0.15) is 0 Å². The van der Waals surface area contributed by atoms with Crippen molar-refractivity contribution in [1.82, 2.24) is 10.2 Å². The highest BCUT2D eigenvalue weighted by Crippen LogP contribution is 2.34. The van der Waals surface area contributed by atoms with Gasteiger partial charge >= 0.3 is 0 Å². The Kier molecular flexibility index (Phi) is 4.83. The summed E-state index contributed by atoms with van der Waals surface area (Å²) >= 11 is 0. The standard InChI is InChI=1S/C14H28N2O/c1-4-13-8-15-14(12-6-7-12)10-16(13)9-11(3)17-5-2/h11-15H,4-10H2,1-3H3. The number of nitrogens with zero attached hydrogens (tertiary/aromatic N) is 1. The predicted molar refractivity (Wildman–Crippen MR) is 71.3 cm³/mol. The molecule has 2 rings (SSSR count). The van der Waals surface area contributed by atoms with Crippen molar-refractivity contribution in [2.45, 2.75) is 58.2 Å². The van der Waals surface area contributed by atoms with Gasteiger partial charge in [0.1, 0.15) is 0 Å². The Labute approximate surface area is 106 Å². The summed E-state index contributed by atoms with van der Waals surface area (Å²) in [6, 6.07) is 1.44. The van der Waals surface area contributed by atoms with Crippen molar-refractivity contribution in [2.24, 2.45) is 5.92 Å². The topological polar surface area (TPSA) is 24.5 Å². The Balaban J connectivity index is 1.85. The Hall–Kier alpha value is -0.120. The molecule has 1 heterocycles. The monoisotopic (exact) mass is 240 g/mol. The van der Waals surface area contributed by atoms with Crippen LogP contribution in [0.3, 0.4) is 0 Å². The van der Waals surface area contributed by atoms with Crippen molar-refractivity contribution < 1.29 is 4.74 Å². The Bertz CT molecular complexity index is 230. The summed E-state index contributed by atoms with van der Waals surface area (Å²) in [7, 11) is 0. The smallest absolute Gasteiger partial charge is 0.0673 e. The van der Waals surface area contributed by atoms with Crippen LogP contribution in [0.4, 0.5) is 0 Å². The van der Waals surface area contributed by atoms with E-state index in [1.807, 2.05) is 0 Å². The van der Waals surface area contributed by atoms with Crippen molar-refractivity contribution in [2.75, 3.05) is 26.2 Å². The molecule has 2 aliphatic rings. The molecule has 0 amide bonds. The zero-order valence-electron chi connectivity index (χ0n) is 11.6. The van der Waals surface area contributed by atoms with Crippen LogP contribution in [-0.4, -0.2) is 49.3 Å². The van der Waals surface area contributed by atoms with Gasteiger partial charge in [-0.25, -0.2) is 0 Å². The maximum atomic E-state index is 5.69. The van der Waals surface area contributed by atoms with Crippen molar-refractivity contribution >= 4 is 0 Å². The highest BCUT2D eigenvalue weighted by molar-refractivity contribution is 4.94. The Morgan fingerprint density at radius 2 is 2.12 bits per heavy atom. The predicted octanol–water partition coefficient (Wildman–Crippen LogP) is 1.87. The van der Waals surface area contributed by atoms with E-state index in [0.29, 0.717) is 12.1 Å². The van der Waals surface area contributed by atoms with E-state index >= 15 is 0 Å². The number of hydrogen-bond donors (Lipinski definition) is 1. The van der Waals surface area contributed by atoms with Gasteiger partial charge in [-0.15, -0.1) is 0 Å². The molecular formula is C14H28N2O. The molecule has 100 valence electrons. The first kappa shape index (κ1) is 13.3. The summed E-state index contributed by atoms with van der Waals surface area (Å²) in [5.74, 6) is 0.956. The van der Waals surface area contributed by atoms with E-state index in [4.69, 9.17) is 4.74 Å². The molecule has 0 spiro atoms. The third-order valence-electron chi connectivity index (χ3n) is 4.17. The number of hydrogen-bond acceptors (Lipinski definition) is 3. The van der Waals surface area contributed by atoms with Crippen LogP contribution in [0.2, 0.25) is 0 Å². The van der Waals surface area contributed by atoms with E-state index in [9.17, 15) is 0 Å². The second-order valence-electron chi connectivity index (χ2n) is 5.63. The van der Waals surface area contributed by atoms with Gasteiger partial charge in [-0.05, 0) is 39.0 Å². The van der Waals surface area contributed by atoms with Gasteiger partial charge in [0.25, 0.3) is 0 Å². The summed E-state index contributed by atoms with van der Waals surface area (Å²) in [5, 5.41) is 3.73. The molecule has 1 saturated carbocycles. The lowest BCUT2D eigenvalue weighted by Gasteiger charge is -2.41. The minimum absolute atomic E-state index is 0.368. The van der Waals surface area contributed by atoms with Gasteiger partial charge in [0.15, 0.2) is 0 Å². The lowest BCUT2D eigenvalue weighted by molar-refractivity contribution is 0.0176. The Morgan fingerprint density at radius 1 is 1.35 bits per heavy atom. The van der Waals surface area contributed by atoms with Crippen LogP contribution in [0.15, 0.2) is 0 Å².